The first-order valence-electron chi connectivity index (χ1n) is 13.1. The molecule has 0 N–H and O–H groups in total. The van der Waals surface area contributed by atoms with Crippen molar-refractivity contribution < 1.29 is 9.18 Å². The minimum Gasteiger partial charge on any atom is -0.341 e. The van der Waals surface area contributed by atoms with Gasteiger partial charge in [-0.1, -0.05) is 62.2 Å². The molecule has 5 rings (SSSR count). The van der Waals surface area contributed by atoms with Crippen LogP contribution in [0.3, 0.4) is 0 Å². The molecule has 36 heavy (non-hydrogen) atoms. The molecule has 2 heterocycles. The van der Waals surface area contributed by atoms with Crippen molar-refractivity contribution in [2.75, 3.05) is 25.0 Å². The fourth-order valence-electron chi connectivity index (χ4n) is 5.80. The summed E-state index contributed by atoms with van der Waals surface area (Å²) in [5.74, 6) is 1.07. The van der Waals surface area contributed by atoms with E-state index < -0.39 is 5.41 Å². The van der Waals surface area contributed by atoms with Crippen LogP contribution in [-0.2, 0) is 12.0 Å². The largest absolute Gasteiger partial charge is 0.341 e. The van der Waals surface area contributed by atoms with E-state index in [0.717, 1.165) is 68.4 Å². The van der Waals surface area contributed by atoms with E-state index in [9.17, 15) is 9.18 Å². The van der Waals surface area contributed by atoms with Crippen molar-refractivity contribution in [1.29, 1.82) is 0 Å². The van der Waals surface area contributed by atoms with Gasteiger partial charge >= 0.3 is 0 Å². The number of benzene rings is 2. The van der Waals surface area contributed by atoms with Crippen molar-refractivity contribution in [3.63, 3.8) is 0 Å². The van der Waals surface area contributed by atoms with Crippen LogP contribution in [0, 0.1) is 11.7 Å². The highest BCUT2D eigenvalue weighted by Crippen LogP contribution is 2.47. The van der Waals surface area contributed by atoms with E-state index in [4.69, 9.17) is 9.97 Å². The van der Waals surface area contributed by atoms with Gasteiger partial charge in [-0.25, -0.2) is 14.4 Å². The fraction of sp³-hybridized carbons (Fsp3) is 0.433. The van der Waals surface area contributed by atoms with Gasteiger partial charge in [0, 0.05) is 38.3 Å². The Kier molecular flexibility index (Phi) is 7.04. The maximum atomic E-state index is 13.9. The monoisotopic (exact) mass is 486 g/mol. The van der Waals surface area contributed by atoms with E-state index in [1.807, 2.05) is 49.5 Å². The van der Waals surface area contributed by atoms with Crippen molar-refractivity contribution in [2.45, 2.75) is 57.4 Å². The van der Waals surface area contributed by atoms with Crippen LogP contribution in [0.25, 0.3) is 0 Å². The number of rotatable bonds is 6. The van der Waals surface area contributed by atoms with Gasteiger partial charge in [-0.15, -0.1) is 0 Å². The van der Waals surface area contributed by atoms with Crippen LogP contribution in [0.15, 0.2) is 60.8 Å². The van der Waals surface area contributed by atoms with Crippen LogP contribution < -0.4 is 4.90 Å². The summed E-state index contributed by atoms with van der Waals surface area (Å²) in [6.07, 6.45) is 7.83. The first-order chi connectivity index (χ1) is 17.5. The number of carbonyl (C=O) groups excluding carboxylic acids is 1. The van der Waals surface area contributed by atoms with Gasteiger partial charge in [-0.05, 0) is 54.9 Å². The number of hydrogen-bond donors (Lipinski definition) is 0. The van der Waals surface area contributed by atoms with Gasteiger partial charge in [0.05, 0.1) is 11.3 Å². The van der Waals surface area contributed by atoms with Crippen molar-refractivity contribution in [3.8, 4) is 0 Å². The predicted molar refractivity (Wildman–Crippen MR) is 141 cm³/mol. The quantitative estimate of drug-likeness (QED) is 0.430. The Hall–Kier alpha value is -3.28. The van der Waals surface area contributed by atoms with E-state index in [-0.39, 0.29) is 11.7 Å². The molecule has 1 saturated carbocycles. The summed E-state index contributed by atoms with van der Waals surface area (Å²) in [4.78, 5) is 27.7. The zero-order valence-electron chi connectivity index (χ0n) is 21.3. The molecule has 3 aromatic rings. The number of anilines is 1. The zero-order chi connectivity index (χ0) is 25.1. The van der Waals surface area contributed by atoms with Crippen LogP contribution in [0.2, 0.25) is 0 Å². The van der Waals surface area contributed by atoms with Gasteiger partial charge in [-0.3, -0.25) is 4.79 Å². The maximum absolute atomic E-state index is 13.9. The molecule has 1 aliphatic heterocycles. The summed E-state index contributed by atoms with van der Waals surface area (Å²) in [7, 11) is 1.83. The number of aromatic nitrogens is 2. The number of nitrogens with zero attached hydrogens (tertiary/aromatic N) is 4. The molecule has 2 aromatic carbocycles. The molecule has 1 saturated heterocycles. The normalized spacial score (nSPS) is 17.8. The molecule has 5 nitrogen and oxygen atoms in total. The Bertz CT molecular complexity index is 1180. The lowest BCUT2D eigenvalue weighted by molar-refractivity contribution is 0.0781. The van der Waals surface area contributed by atoms with Gasteiger partial charge in [0.25, 0.3) is 5.91 Å². The Labute approximate surface area is 213 Å². The lowest BCUT2D eigenvalue weighted by Crippen LogP contribution is -2.37. The summed E-state index contributed by atoms with van der Waals surface area (Å²) in [5.41, 5.74) is 3.02. The lowest BCUT2D eigenvalue weighted by Gasteiger charge is -2.34. The topological polar surface area (TPSA) is 49.3 Å². The second-order valence-corrected chi connectivity index (χ2v) is 10.5. The molecule has 0 unspecified atom stereocenters. The van der Waals surface area contributed by atoms with Crippen molar-refractivity contribution in [1.82, 2.24) is 14.9 Å². The summed E-state index contributed by atoms with van der Waals surface area (Å²) in [6.45, 7) is 4.64. The number of hydrogen-bond acceptors (Lipinski definition) is 4. The Balaban J connectivity index is 1.57. The zero-order valence-corrected chi connectivity index (χ0v) is 21.3. The molecule has 1 aromatic heterocycles. The average Bonchev–Trinajstić information content (AvgIpc) is 3.40. The standard InChI is InChI=1S/C30H35FN4O/c1-22-14-18-35(19-15-22)29-32-20-26(28(36)34(2)21-23-8-4-3-5-9-23)27(33-29)30(16-6-7-17-30)24-10-12-25(31)13-11-24/h3-5,8-13,20,22H,6-7,14-19,21H2,1-2H3. The van der Waals surface area contributed by atoms with Gasteiger partial charge in [0.15, 0.2) is 0 Å². The number of carbonyl (C=O) groups is 1. The average molecular weight is 487 g/mol. The molecule has 188 valence electrons. The van der Waals surface area contributed by atoms with Crippen LogP contribution >= 0.6 is 0 Å². The third kappa shape index (κ3) is 4.86. The molecule has 1 aliphatic carbocycles. The minimum absolute atomic E-state index is 0.0824. The van der Waals surface area contributed by atoms with E-state index in [0.29, 0.717) is 24.0 Å². The van der Waals surface area contributed by atoms with Crippen molar-refractivity contribution in [2.24, 2.45) is 5.92 Å². The molecule has 6 heteroatoms. The minimum atomic E-state index is -0.424. The fourth-order valence-corrected chi connectivity index (χ4v) is 5.80. The second kappa shape index (κ2) is 10.4. The third-order valence-electron chi connectivity index (χ3n) is 7.99. The van der Waals surface area contributed by atoms with Crippen LogP contribution in [0.5, 0.6) is 0 Å². The van der Waals surface area contributed by atoms with Gasteiger partial charge < -0.3 is 9.80 Å². The molecule has 0 radical (unpaired) electrons. The van der Waals surface area contributed by atoms with Crippen LogP contribution in [0.4, 0.5) is 10.3 Å². The highest BCUT2D eigenvalue weighted by atomic mass is 19.1. The van der Waals surface area contributed by atoms with Crippen molar-refractivity contribution in [3.05, 3.63) is 89.0 Å². The van der Waals surface area contributed by atoms with E-state index in [1.165, 1.54) is 12.1 Å². The number of amides is 1. The van der Waals surface area contributed by atoms with E-state index in [1.54, 1.807) is 11.1 Å². The molecule has 1 amide bonds. The molecule has 0 spiro atoms. The third-order valence-corrected chi connectivity index (χ3v) is 7.99. The highest BCUT2D eigenvalue weighted by molar-refractivity contribution is 5.95. The first-order valence-corrected chi connectivity index (χ1v) is 13.1. The number of piperidine rings is 1. The Morgan fingerprint density at radius 1 is 1.06 bits per heavy atom. The summed E-state index contributed by atoms with van der Waals surface area (Å²) in [6, 6.07) is 16.8. The molecular formula is C30H35FN4O. The van der Waals surface area contributed by atoms with Crippen LogP contribution in [0.1, 0.15) is 72.6 Å². The first kappa shape index (κ1) is 24.4. The molecule has 2 aliphatic rings. The van der Waals surface area contributed by atoms with Gasteiger partial charge in [-0.2, -0.15) is 0 Å². The predicted octanol–water partition coefficient (Wildman–Crippen LogP) is 5.98. The second-order valence-electron chi connectivity index (χ2n) is 10.5. The Morgan fingerprint density at radius 2 is 1.72 bits per heavy atom. The summed E-state index contributed by atoms with van der Waals surface area (Å²) >= 11 is 0. The Morgan fingerprint density at radius 3 is 2.39 bits per heavy atom. The van der Waals surface area contributed by atoms with Gasteiger partial charge in [0.2, 0.25) is 5.95 Å². The molecule has 2 fully saturated rings. The highest BCUT2D eigenvalue weighted by Gasteiger charge is 2.42. The van der Waals surface area contributed by atoms with Crippen molar-refractivity contribution >= 4 is 11.9 Å². The SMILES string of the molecule is CC1CCN(c2ncc(C(=O)N(C)Cc3ccccc3)c(C3(c4ccc(F)cc4)CCCC3)n2)CC1. The smallest absolute Gasteiger partial charge is 0.257 e. The van der Waals surface area contributed by atoms with E-state index in [2.05, 4.69) is 11.8 Å². The molecule has 0 bridgehead atoms. The lowest BCUT2D eigenvalue weighted by atomic mass is 9.74. The summed E-state index contributed by atoms with van der Waals surface area (Å²) in [5, 5.41) is 0. The molecular weight excluding hydrogens is 451 g/mol. The maximum Gasteiger partial charge on any atom is 0.257 e. The summed E-state index contributed by atoms with van der Waals surface area (Å²) < 4.78 is 13.9. The van der Waals surface area contributed by atoms with E-state index >= 15 is 0 Å². The van der Waals surface area contributed by atoms with Gasteiger partial charge in [0.1, 0.15) is 5.82 Å². The molecule has 0 atom stereocenters. The number of halogens is 1. The van der Waals surface area contributed by atoms with Crippen LogP contribution in [-0.4, -0.2) is 40.9 Å².